The Bertz CT molecular complexity index is 686. The van der Waals surface area contributed by atoms with Crippen molar-refractivity contribution in [2.75, 3.05) is 6.61 Å². The van der Waals surface area contributed by atoms with Crippen molar-refractivity contribution in [3.8, 4) is 0 Å². The molecule has 2 aromatic rings. The topological polar surface area (TPSA) is 64.7 Å². The van der Waals surface area contributed by atoms with E-state index < -0.39 is 0 Å². The summed E-state index contributed by atoms with van der Waals surface area (Å²) in [7, 11) is 0. The molecule has 3 rings (SSSR count). The number of carbonyl (C=O) groups excluding carboxylic acids is 1. The van der Waals surface area contributed by atoms with Gasteiger partial charge in [0.2, 0.25) is 5.76 Å². The normalized spacial score (nSPS) is 15.3. The summed E-state index contributed by atoms with van der Waals surface area (Å²) in [5, 5.41) is 7.92. The summed E-state index contributed by atoms with van der Waals surface area (Å²) in [5.41, 5.74) is 2.87. The van der Waals surface area contributed by atoms with E-state index in [9.17, 15) is 4.79 Å². The van der Waals surface area contributed by atoms with Gasteiger partial charge in [-0.25, -0.2) is 0 Å². The van der Waals surface area contributed by atoms with Crippen molar-refractivity contribution < 1.29 is 14.2 Å². The first-order chi connectivity index (χ1) is 9.24. The first kappa shape index (κ1) is 11.6. The Balaban J connectivity index is 2.27. The van der Waals surface area contributed by atoms with E-state index in [0.717, 1.165) is 0 Å². The number of carbonyl (C=O) groups is 1. The molecule has 1 aromatic carbocycles. The molecule has 1 aliphatic rings. The van der Waals surface area contributed by atoms with Crippen molar-refractivity contribution in [3.05, 3.63) is 52.4 Å². The molecule has 5 nitrogen and oxygen atoms in total. The van der Waals surface area contributed by atoms with Gasteiger partial charge in [0.1, 0.15) is 6.61 Å². The van der Waals surface area contributed by atoms with E-state index in [1.54, 1.807) is 13.0 Å². The molecule has 0 fully saturated rings. The molecular weight excluding hydrogens is 244 g/mol. The van der Waals surface area contributed by atoms with E-state index in [1.807, 2.05) is 25.1 Å². The molecule has 19 heavy (non-hydrogen) atoms. The average Bonchev–Trinajstić information content (AvgIpc) is 2.81. The van der Waals surface area contributed by atoms with Gasteiger partial charge in [-0.3, -0.25) is 4.79 Å². The number of fused-ring (bicyclic) bond motifs is 2. The van der Waals surface area contributed by atoms with Gasteiger partial charge in [0.05, 0.1) is 11.3 Å². The van der Waals surface area contributed by atoms with Gasteiger partial charge < -0.3 is 9.36 Å². The van der Waals surface area contributed by atoms with Crippen LogP contribution in [0.2, 0.25) is 0 Å². The Kier molecular flexibility index (Phi) is 2.67. The molecule has 1 aliphatic carbocycles. The summed E-state index contributed by atoms with van der Waals surface area (Å²) in [5.74, 6) is 0.300. The highest BCUT2D eigenvalue weighted by Gasteiger charge is 2.34. The molecule has 0 bridgehead atoms. The second-order valence-corrected chi connectivity index (χ2v) is 4.20. The van der Waals surface area contributed by atoms with Crippen LogP contribution in [0.4, 0.5) is 0 Å². The summed E-state index contributed by atoms with van der Waals surface area (Å²) >= 11 is 0. The minimum atomic E-state index is -0.0835. The molecule has 0 unspecified atom stereocenters. The van der Waals surface area contributed by atoms with Crippen LogP contribution in [0.1, 0.15) is 39.9 Å². The molecule has 0 radical (unpaired) electrons. The maximum absolute atomic E-state index is 12.4. The fraction of sp³-hybridized carbons (Fsp3) is 0.214. The molecule has 96 valence electrons. The number of hydrogen-bond acceptors (Lipinski definition) is 5. The number of oxime groups is 1. The van der Waals surface area contributed by atoms with Crippen molar-refractivity contribution in [3.63, 3.8) is 0 Å². The smallest absolute Gasteiger partial charge is 0.200 e. The van der Waals surface area contributed by atoms with Crippen molar-refractivity contribution in [2.45, 2.75) is 13.8 Å². The molecular formula is C14H12N2O3. The Morgan fingerprint density at radius 1 is 1.32 bits per heavy atom. The first-order valence-electron chi connectivity index (χ1n) is 6.04. The lowest BCUT2D eigenvalue weighted by Gasteiger charge is -2.15. The van der Waals surface area contributed by atoms with Crippen LogP contribution < -0.4 is 0 Å². The Morgan fingerprint density at radius 2 is 2.05 bits per heavy atom. The number of hydrogen-bond donors (Lipinski definition) is 0. The maximum atomic E-state index is 12.4. The van der Waals surface area contributed by atoms with E-state index in [1.165, 1.54) is 0 Å². The number of rotatable bonds is 2. The van der Waals surface area contributed by atoms with Crippen LogP contribution in [0.3, 0.4) is 0 Å². The highest BCUT2D eigenvalue weighted by atomic mass is 16.6. The molecule has 0 aliphatic heterocycles. The van der Waals surface area contributed by atoms with Gasteiger partial charge in [0.15, 0.2) is 11.5 Å². The Morgan fingerprint density at radius 3 is 2.79 bits per heavy atom. The molecule has 5 heteroatoms. The monoisotopic (exact) mass is 256 g/mol. The zero-order valence-corrected chi connectivity index (χ0v) is 10.6. The lowest BCUT2D eigenvalue weighted by atomic mass is 9.87. The van der Waals surface area contributed by atoms with Gasteiger partial charge in [0.25, 0.3) is 0 Å². The van der Waals surface area contributed by atoms with Gasteiger partial charge in [0, 0.05) is 11.1 Å². The predicted molar refractivity (Wildman–Crippen MR) is 68.4 cm³/mol. The van der Waals surface area contributed by atoms with Crippen LogP contribution in [-0.2, 0) is 4.84 Å². The zero-order chi connectivity index (χ0) is 13.4. The Hall–Kier alpha value is -2.43. The fourth-order valence-electron chi connectivity index (χ4n) is 2.16. The summed E-state index contributed by atoms with van der Waals surface area (Å²) in [4.78, 5) is 17.5. The third-order valence-corrected chi connectivity index (χ3v) is 3.02. The lowest BCUT2D eigenvalue weighted by Crippen LogP contribution is -2.21. The number of aryl methyl sites for hydroxylation is 1. The highest BCUT2D eigenvalue weighted by molar-refractivity contribution is 6.29. The third kappa shape index (κ3) is 1.66. The van der Waals surface area contributed by atoms with Crippen LogP contribution in [0, 0.1) is 6.92 Å². The SMILES string of the molecule is CCO/N=C1/c2ccccc2C(=O)c2c(C)noc21. The number of nitrogens with zero attached hydrogens (tertiary/aromatic N) is 2. The van der Waals surface area contributed by atoms with Crippen molar-refractivity contribution in [1.82, 2.24) is 5.16 Å². The van der Waals surface area contributed by atoms with Crippen LogP contribution in [0.5, 0.6) is 0 Å². The summed E-state index contributed by atoms with van der Waals surface area (Å²) in [6.07, 6.45) is 0. The van der Waals surface area contributed by atoms with Crippen molar-refractivity contribution >= 4 is 11.5 Å². The molecule has 1 heterocycles. The van der Waals surface area contributed by atoms with Gasteiger partial charge in [-0.1, -0.05) is 34.6 Å². The number of ketones is 1. The van der Waals surface area contributed by atoms with Crippen LogP contribution in [-0.4, -0.2) is 23.3 Å². The second kappa shape index (κ2) is 4.35. The van der Waals surface area contributed by atoms with Gasteiger partial charge in [-0.05, 0) is 13.8 Å². The van der Waals surface area contributed by atoms with Crippen molar-refractivity contribution in [1.29, 1.82) is 0 Å². The Labute approximate surface area is 109 Å². The number of aromatic nitrogens is 1. The molecule has 1 aromatic heterocycles. The van der Waals surface area contributed by atoms with Gasteiger partial charge >= 0.3 is 0 Å². The van der Waals surface area contributed by atoms with Gasteiger partial charge in [-0.15, -0.1) is 0 Å². The standard InChI is InChI=1S/C14H12N2O3/c1-3-18-16-12-9-6-4-5-7-10(9)13(17)11-8(2)15-19-14(11)12/h4-7H,3H2,1-2H3/b16-12-. The van der Waals surface area contributed by atoms with E-state index in [-0.39, 0.29) is 5.78 Å². The van der Waals surface area contributed by atoms with E-state index in [4.69, 9.17) is 9.36 Å². The minimum absolute atomic E-state index is 0.0835. The lowest BCUT2D eigenvalue weighted by molar-refractivity contribution is 0.103. The largest absolute Gasteiger partial charge is 0.396 e. The maximum Gasteiger partial charge on any atom is 0.200 e. The summed E-state index contributed by atoms with van der Waals surface area (Å²) < 4.78 is 5.24. The quantitative estimate of drug-likeness (QED) is 0.660. The van der Waals surface area contributed by atoms with Crippen LogP contribution >= 0.6 is 0 Å². The summed E-state index contributed by atoms with van der Waals surface area (Å²) in [6.45, 7) is 4.03. The van der Waals surface area contributed by atoms with E-state index in [2.05, 4.69) is 10.3 Å². The minimum Gasteiger partial charge on any atom is -0.396 e. The van der Waals surface area contributed by atoms with Crippen LogP contribution in [0.15, 0.2) is 33.9 Å². The van der Waals surface area contributed by atoms with Crippen LogP contribution in [0.25, 0.3) is 0 Å². The van der Waals surface area contributed by atoms with Gasteiger partial charge in [-0.2, -0.15) is 0 Å². The highest BCUT2D eigenvalue weighted by Crippen LogP contribution is 2.29. The molecule has 0 saturated carbocycles. The molecule has 0 spiro atoms. The first-order valence-corrected chi connectivity index (χ1v) is 6.04. The average molecular weight is 256 g/mol. The van der Waals surface area contributed by atoms with E-state index >= 15 is 0 Å². The van der Waals surface area contributed by atoms with E-state index in [0.29, 0.717) is 40.5 Å². The fourth-order valence-corrected chi connectivity index (χ4v) is 2.16. The number of benzene rings is 1. The summed E-state index contributed by atoms with van der Waals surface area (Å²) in [6, 6.07) is 7.27. The molecule has 0 amide bonds. The second-order valence-electron chi connectivity index (χ2n) is 4.20. The third-order valence-electron chi connectivity index (χ3n) is 3.02. The molecule has 0 atom stereocenters. The molecule has 0 N–H and O–H groups in total. The molecule has 0 saturated heterocycles. The zero-order valence-electron chi connectivity index (χ0n) is 10.6. The van der Waals surface area contributed by atoms with Crippen molar-refractivity contribution in [2.24, 2.45) is 5.16 Å². The predicted octanol–water partition coefficient (Wildman–Crippen LogP) is 2.32.